The number of aliphatic hydroxyl groups is 1. The number of anilines is 3. The molecule has 0 bridgehead atoms. The van der Waals surface area contributed by atoms with E-state index in [4.69, 9.17) is 4.74 Å². The summed E-state index contributed by atoms with van der Waals surface area (Å²) in [4.78, 5) is 39.0. The average molecular weight is 556 g/mol. The number of carbonyl (C=O) groups is 1. The highest BCUT2D eigenvalue weighted by atomic mass is 32.2. The lowest BCUT2D eigenvalue weighted by atomic mass is 9.77. The van der Waals surface area contributed by atoms with Gasteiger partial charge in [0.25, 0.3) is 5.56 Å². The van der Waals surface area contributed by atoms with E-state index < -0.39 is 27.1 Å². The largest absolute Gasteiger partial charge is 0.443 e. The molecule has 11 nitrogen and oxygen atoms in total. The fourth-order valence-corrected chi connectivity index (χ4v) is 5.83. The first-order valence-electron chi connectivity index (χ1n) is 12.8. The maximum absolute atomic E-state index is 14.1. The number of nitrogens with zero attached hydrogens (tertiary/aromatic N) is 5. The number of pyridine rings is 1. The SMILES string of the molecule is Cc1cccc2c1N(C(=O)OC(C)(C)C)CCN2c1cc2cnc(S(C)(=O)=O)nc2n(C2CC(C)(O)C2)c1=O. The minimum Gasteiger partial charge on any atom is -0.443 e. The van der Waals surface area contributed by atoms with Crippen LogP contribution < -0.4 is 15.4 Å². The molecular formula is C27H33N5O6S. The molecule has 1 amide bonds. The first-order valence-corrected chi connectivity index (χ1v) is 14.7. The number of benzene rings is 1. The molecule has 0 spiro atoms. The Morgan fingerprint density at radius 3 is 2.49 bits per heavy atom. The Morgan fingerprint density at radius 2 is 1.87 bits per heavy atom. The van der Waals surface area contributed by atoms with Gasteiger partial charge in [0.1, 0.15) is 16.9 Å². The van der Waals surface area contributed by atoms with Crippen molar-refractivity contribution in [1.29, 1.82) is 0 Å². The van der Waals surface area contributed by atoms with Gasteiger partial charge in [0.2, 0.25) is 15.0 Å². The van der Waals surface area contributed by atoms with Crippen LogP contribution in [0.25, 0.3) is 11.0 Å². The number of aryl methyl sites for hydroxylation is 1. The number of hydrogen-bond donors (Lipinski definition) is 1. The fraction of sp³-hybridized carbons (Fsp3) is 0.481. The maximum Gasteiger partial charge on any atom is 0.414 e. The van der Waals surface area contributed by atoms with E-state index in [1.807, 2.05) is 50.8 Å². The van der Waals surface area contributed by atoms with Gasteiger partial charge in [-0.2, -0.15) is 4.98 Å². The van der Waals surface area contributed by atoms with Crippen molar-refractivity contribution in [2.75, 3.05) is 29.1 Å². The van der Waals surface area contributed by atoms with Gasteiger partial charge in [-0.3, -0.25) is 14.3 Å². The lowest BCUT2D eigenvalue weighted by Gasteiger charge is -2.43. The fourth-order valence-electron chi connectivity index (χ4n) is 5.33. The van der Waals surface area contributed by atoms with Gasteiger partial charge >= 0.3 is 6.09 Å². The molecule has 3 heterocycles. The standard InChI is InChI=1S/C27H33N5O6S/c1-16-8-7-9-19-21(16)31(25(34)38-26(2,3)4)11-10-30(19)20-12-17-15-28-24(39(6,36)37)29-22(17)32(23(20)33)18-13-27(5,35)14-18/h7-9,12,15,18,35H,10-11,13-14H2,1-6H3. The van der Waals surface area contributed by atoms with E-state index in [-0.39, 0.29) is 28.9 Å². The highest BCUT2D eigenvalue weighted by molar-refractivity contribution is 7.90. The van der Waals surface area contributed by atoms with Crippen LogP contribution in [-0.4, -0.2) is 64.7 Å². The van der Waals surface area contributed by atoms with Gasteiger partial charge in [-0.25, -0.2) is 18.2 Å². The molecule has 12 heteroatoms. The van der Waals surface area contributed by atoms with Crippen molar-refractivity contribution in [2.45, 2.75) is 69.9 Å². The summed E-state index contributed by atoms with van der Waals surface area (Å²) in [6, 6.07) is 6.91. The summed E-state index contributed by atoms with van der Waals surface area (Å²) < 4.78 is 31.5. The first-order chi connectivity index (χ1) is 18.1. The number of rotatable bonds is 3. The molecule has 2 aliphatic rings. The van der Waals surface area contributed by atoms with Crippen LogP contribution in [0.15, 0.2) is 40.4 Å². The second-order valence-corrected chi connectivity index (χ2v) is 13.6. The zero-order chi connectivity index (χ0) is 28.5. The third-order valence-corrected chi connectivity index (χ3v) is 7.87. The summed E-state index contributed by atoms with van der Waals surface area (Å²) >= 11 is 0. The van der Waals surface area contributed by atoms with E-state index >= 15 is 0 Å². The van der Waals surface area contributed by atoms with Crippen LogP contribution in [0.3, 0.4) is 0 Å². The molecule has 39 heavy (non-hydrogen) atoms. The third-order valence-electron chi connectivity index (χ3n) is 7.01. The predicted octanol–water partition coefficient (Wildman–Crippen LogP) is 3.48. The summed E-state index contributed by atoms with van der Waals surface area (Å²) in [7, 11) is -3.71. The van der Waals surface area contributed by atoms with Crippen LogP contribution in [0, 0.1) is 6.92 Å². The smallest absolute Gasteiger partial charge is 0.414 e. The number of carbonyl (C=O) groups excluding carboxylic acids is 1. The summed E-state index contributed by atoms with van der Waals surface area (Å²) in [6.07, 6.45) is 2.61. The van der Waals surface area contributed by atoms with Crippen molar-refractivity contribution < 1.29 is 23.1 Å². The molecule has 5 rings (SSSR count). The van der Waals surface area contributed by atoms with Crippen molar-refractivity contribution in [2.24, 2.45) is 0 Å². The predicted molar refractivity (Wildman–Crippen MR) is 148 cm³/mol. The molecule has 1 aliphatic heterocycles. The van der Waals surface area contributed by atoms with Gasteiger partial charge in [-0.1, -0.05) is 12.1 Å². The molecule has 1 saturated carbocycles. The van der Waals surface area contributed by atoms with E-state index in [9.17, 15) is 23.1 Å². The second-order valence-electron chi connectivity index (χ2n) is 11.7. The van der Waals surface area contributed by atoms with Crippen LogP contribution in [0.1, 0.15) is 52.1 Å². The molecule has 1 N–H and O–H groups in total. The zero-order valence-corrected chi connectivity index (χ0v) is 23.7. The van der Waals surface area contributed by atoms with Crippen molar-refractivity contribution in [3.8, 4) is 0 Å². The van der Waals surface area contributed by atoms with Crippen LogP contribution in [-0.2, 0) is 14.6 Å². The van der Waals surface area contributed by atoms with E-state index in [2.05, 4.69) is 9.97 Å². The Hall–Kier alpha value is -3.51. The molecule has 2 aromatic heterocycles. The van der Waals surface area contributed by atoms with E-state index in [0.717, 1.165) is 11.8 Å². The van der Waals surface area contributed by atoms with Gasteiger partial charge in [-0.15, -0.1) is 0 Å². The lowest BCUT2D eigenvalue weighted by Crippen LogP contribution is -2.48. The number of aromatic nitrogens is 3. The van der Waals surface area contributed by atoms with Crippen molar-refractivity contribution in [3.63, 3.8) is 0 Å². The van der Waals surface area contributed by atoms with Crippen molar-refractivity contribution in [1.82, 2.24) is 14.5 Å². The van der Waals surface area contributed by atoms with Gasteiger partial charge in [0.15, 0.2) is 0 Å². The number of hydrogen-bond acceptors (Lipinski definition) is 9. The number of para-hydroxylation sites is 1. The summed E-state index contributed by atoms with van der Waals surface area (Å²) in [5.74, 6) is 0. The Bertz CT molecular complexity index is 1650. The molecule has 0 saturated heterocycles. The molecule has 208 valence electrons. The number of fused-ring (bicyclic) bond motifs is 2. The summed E-state index contributed by atoms with van der Waals surface area (Å²) in [6.45, 7) is 9.64. The molecule has 0 atom stereocenters. The van der Waals surface area contributed by atoms with Gasteiger partial charge in [-0.05, 0) is 65.2 Å². The average Bonchev–Trinajstić information content (AvgIpc) is 2.80. The zero-order valence-electron chi connectivity index (χ0n) is 22.9. The van der Waals surface area contributed by atoms with Crippen molar-refractivity contribution >= 4 is 44.0 Å². The summed E-state index contributed by atoms with van der Waals surface area (Å²) in [5, 5.41) is 10.6. The first kappa shape index (κ1) is 27.1. The van der Waals surface area contributed by atoms with E-state index in [0.29, 0.717) is 41.8 Å². The number of sulfone groups is 1. The van der Waals surface area contributed by atoms with Crippen LogP contribution >= 0.6 is 0 Å². The molecule has 1 aliphatic carbocycles. The molecule has 1 fully saturated rings. The Morgan fingerprint density at radius 1 is 1.18 bits per heavy atom. The van der Waals surface area contributed by atoms with Crippen LogP contribution in [0.4, 0.5) is 21.9 Å². The Kier molecular flexibility index (Phi) is 6.26. The second kappa shape index (κ2) is 9.02. The molecule has 3 aromatic rings. The highest BCUT2D eigenvalue weighted by Gasteiger charge is 2.42. The monoisotopic (exact) mass is 555 g/mol. The van der Waals surface area contributed by atoms with Crippen LogP contribution in [0.5, 0.6) is 0 Å². The molecule has 0 radical (unpaired) electrons. The molecular weight excluding hydrogens is 522 g/mol. The van der Waals surface area contributed by atoms with Crippen LogP contribution in [0.2, 0.25) is 0 Å². The molecule has 0 unspecified atom stereocenters. The highest BCUT2D eigenvalue weighted by Crippen LogP contribution is 2.43. The third kappa shape index (κ3) is 4.98. The molecule has 1 aromatic carbocycles. The van der Waals surface area contributed by atoms with E-state index in [1.54, 1.807) is 17.9 Å². The maximum atomic E-state index is 14.1. The normalized spacial score (nSPS) is 21.5. The summed E-state index contributed by atoms with van der Waals surface area (Å²) in [5.41, 5.74) is 0.764. The Balaban J connectivity index is 1.68. The van der Waals surface area contributed by atoms with Gasteiger partial charge < -0.3 is 14.7 Å². The number of ether oxygens (including phenoxy) is 1. The van der Waals surface area contributed by atoms with Gasteiger partial charge in [0, 0.05) is 37.0 Å². The lowest BCUT2D eigenvalue weighted by molar-refractivity contribution is -0.0507. The van der Waals surface area contributed by atoms with Crippen molar-refractivity contribution in [3.05, 3.63) is 46.4 Å². The number of amides is 1. The van der Waals surface area contributed by atoms with Gasteiger partial charge in [0.05, 0.1) is 17.0 Å². The minimum atomic E-state index is -3.71. The van der Waals surface area contributed by atoms with E-state index in [1.165, 1.54) is 10.8 Å². The minimum absolute atomic E-state index is 0.205. The topological polar surface area (TPSA) is 135 Å². The quantitative estimate of drug-likeness (QED) is 0.482. The Labute approximate surface area is 227 Å².